The second-order valence-electron chi connectivity index (χ2n) is 7.91. The first-order valence-corrected chi connectivity index (χ1v) is 10.3. The molecule has 2 aromatic carbocycles. The van der Waals surface area contributed by atoms with E-state index in [1.807, 2.05) is 43.5 Å². The number of anilines is 1. The van der Waals surface area contributed by atoms with Crippen LogP contribution < -0.4 is 5.32 Å². The lowest BCUT2D eigenvalue weighted by molar-refractivity contribution is -0.117. The zero-order chi connectivity index (χ0) is 20.1. The molecule has 1 fully saturated rings. The van der Waals surface area contributed by atoms with Gasteiger partial charge in [-0.15, -0.1) is 0 Å². The van der Waals surface area contributed by atoms with E-state index in [-0.39, 0.29) is 5.91 Å². The molecule has 0 atom stereocenters. The predicted octanol–water partition coefficient (Wildman–Crippen LogP) is 4.21. The Kier molecular flexibility index (Phi) is 6.06. The molecule has 1 amide bonds. The van der Waals surface area contributed by atoms with E-state index in [1.54, 1.807) is 0 Å². The van der Waals surface area contributed by atoms with E-state index < -0.39 is 0 Å². The predicted molar refractivity (Wildman–Crippen MR) is 117 cm³/mol. The van der Waals surface area contributed by atoms with Gasteiger partial charge in [0.15, 0.2) is 0 Å². The summed E-state index contributed by atoms with van der Waals surface area (Å²) in [5.74, 6) is 1.71. The number of hydrogen-bond acceptors (Lipinski definition) is 3. The lowest BCUT2D eigenvalue weighted by Gasteiger charge is -2.31. The van der Waals surface area contributed by atoms with Crippen LogP contribution in [-0.4, -0.2) is 40.0 Å². The number of rotatable bonds is 6. The molecule has 29 heavy (non-hydrogen) atoms. The lowest BCUT2D eigenvalue weighted by atomic mass is 9.96. The number of carbonyl (C=O) groups is 1. The summed E-state index contributed by atoms with van der Waals surface area (Å²) < 4.78 is 2.26. The molecule has 5 heteroatoms. The molecule has 0 unspecified atom stereocenters. The maximum atomic E-state index is 12.4. The summed E-state index contributed by atoms with van der Waals surface area (Å²) in [6, 6.07) is 18.3. The SMILES string of the molecule is Cc1cccc(NC(=O)CN2CCC(Cn3ccnc3-c3ccccc3)CC2)c1. The number of benzene rings is 2. The summed E-state index contributed by atoms with van der Waals surface area (Å²) in [5, 5.41) is 3.01. The zero-order valence-corrected chi connectivity index (χ0v) is 16.9. The summed E-state index contributed by atoms with van der Waals surface area (Å²) in [6.45, 7) is 5.39. The van der Waals surface area contributed by atoms with Crippen molar-refractivity contribution >= 4 is 11.6 Å². The van der Waals surface area contributed by atoms with Gasteiger partial charge in [-0.05, 0) is 56.5 Å². The third-order valence-electron chi connectivity index (χ3n) is 5.58. The summed E-state index contributed by atoms with van der Waals surface area (Å²) in [7, 11) is 0. The van der Waals surface area contributed by atoms with E-state index in [0.717, 1.165) is 55.1 Å². The fourth-order valence-corrected chi connectivity index (χ4v) is 4.04. The number of amides is 1. The Labute approximate surface area is 172 Å². The van der Waals surface area contributed by atoms with Crippen LogP contribution in [0.4, 0.5) is 5.69 Å². The minimum Gasteiger partial charge on any atom is -0.331 e. The van der Waals surface area contributed by atoms with Crippen LogP contribution in [0.25, 0.3) is 11.4 Å². The quantitative estimate of drug-likeness (QED) is 0.688. The maximum absolute atomic E-state index is 12.4. The number of imidazole rings is 1. The van der Waals surface area contributed by atoms with Crippen LogP contribution >= 0.6 is 0 Å². The van der Waals surface area contributed by atoms with Crippen LogP contribution in [0.3, 0.4) is 0 Å². The molecular weight excluding hydrogens is 360 g/mol. The molecule has 0 spiro atoms. The molecule has 1 aliphatic heterocycles. The van der Waals surface area contributed by atoms with Gasteiger partial charge in [0.1, 0.15) is 5.82 Å². The summed E-state index contributed by atoms with van der Waals surface area (Å²) >= 11 is 0. The third kappa shape index (κ3) is 5.12. The molecule has 0 bridgehead atoms. The monoisotopic (exact) mass is 388 g/mol. The lowest BCUT2D eigenvalue weighted by Crippen LogP contribution is -2.40. The molecular formula is C24H28N4O. The van der Waals surface area contributed by atoms with Crippen molar-refractivity contribution in [1.82, 2.24) is 14.5 Å². The number of likely N-dealkylation sites (tertiary alicyclic amines) is 1. The Morgan fingerprint density at radius 3 is 2.66 bits per heavy atom. The Hall–Kier alpha value is -2.92. The highest BCUT2D eigenvalue weighted by atomic mass is 16.2. The fraction of sp³-hybridized carbons (Fsp3) is 0.333. The second kappa shape index (κ2) is 9.05. The van der Waals surface area contributed by atoms with Crippen LogP contribution in [-0.2, 0) is 11.3 Å². The van der Waals surface area contributed by atoms with Gasteiger partial charge in [0.25, 0.3) is 0 Å². The fourth-order valence-electron chi connectivity index (χ4n) is 4.04. The maximum Gasteiger partial charge on any atom is 0.238 e. The van der Waals surface area contributed by atoms with E-state index in [2.05, 4.69) is 50.2 Å². The first-order valence-electron chi connectivity index (χ1n) is 10.3. The van der Waals surface area contributed by atoms with E-state index in [0.29, 0.717) is 12.5 Å². The smallest absolute Gasteiger partial charge is 0.238 e. The average molecular weight is 389 g/mol. The Balaban J connectivity index is 1.27. The van der Waals surface area contributed by atoms with Gasteiger partial charge in [0.2, 0.25) is 5.91 Å². The van der Waals surface area contributed by atoms with Crippen molar-refractivity contribution in [3.63, 3.8) is 0 Å². The number of aryl methyl sites for hydroxylation is 1. The van der Waals surface area contributed by atoms with Gasteiger partial charge in [0, 0.05) is 30.2 Å². The average Bonchev–Trinajstić information content (AvgIpc) is 3.18. The molecule has 0 aliphatic carbocycles. The van der Waals surface area contributed by atoms with Crippen molar-refractivity contribution in [3.05, 3.63) is 72.6 Å². The number of carbonyl (C=O) groups excluding carboxylic acids is 1. The molecule has 0 saturated carbocycles. The van der Waals surface area contributed by atoms with Crippen molar-refractivity contribution in [3.8, 4) is 11.4 Å². The van der Waals surface area contributed by atoms with E-state index >= 15 is 0 Å². The van der Waals surface area contributed by atoms with Crippen LogP contribution in [0.15, 0.2) is 67.0 Å². The third-order valence-corrected chi connectivity index (χ3v) is 5.58. The first-order chi connectivity index (χ1) is 14.2. The van der Waals surface area contributed by atoms with Gasteiger partial charge in [0.05, 0.1) is 6.54 Å². The molecule has 3 aromatic rings. The molecule has 5 nitrogen and oxygen atoms in total. The van der Waals surface area contributed by atoms with Gasteiger partial charge in [-0.25, -0.2) is 4.98 Å². The molecule has 4 rings (SSSR count). The standard InChI is InChI=1S/C24H28N4O/c1-19-6-5-9-22(16-19)26-23(29)18-27-13-10-20(11-14-27)17-28-15-12-25-24(28)21-7-3-2-4-8-21/h2-9,12,15-16,20H,10-11,13-14,17-18H2,1H3,(H,26,29). The van der Waals surface area contributed by atoms with Gasteiger partial charge >= 0.3 is 0 Å². The first kappa shape index (κ1) is 19.4. The summed E-state index contributed by atoms with van der Waals surface area (Å²) in [4.78, 5) is 19.2. The Morgan fingerprint density at radius 1 is 1.10 bits per heavy atom. The second-order valence-corrected chi connectivity index (χ2v) is 7.91. The normalized spacial score (nSPS) is 15.3. The minimum absolute atomic E-state index is 0.0648. The van der Waals surface area contributed by atoms with Crippen molar-refractivity contribution in [2.24, 2.45) is 5.92 Å². The molecule has 150 valence electrons. The summed E-state index contributed by atoms with van der Waals surface area (Å²) in [6.07, 6.45) is 6.16. The molecule has 1 saturated heterocycles. The van der Waals surface area contributed by atoms with E-state index in [9.17, 15) is 4.79 Å². The van der Waals surface area contributed by atoms with Crippen LogP contribution in [0.1, 0.15) is 18.4 Å². The van der Waals surface area contributed by atoms with E-state index in [4.69, 9.17) is 0 Å². The number of nitrogens with one attached hydrogen (secondary N) is 1. The van der Waals surface area contributed by atoms with Crippen molar-refractivity contribution in [2.45, 2.75) is 26.3 Å². The molecule has 2 heterocycles. The van der Waals surface area contributed by atoms with E-state index in [1.165, 1.54) is 0 Å². The van der Waals surface area contributed by atoms with Gasteiger partial charge < -0.3 is 9.88 Å². The number of nitrogens with zero attached hydrogens (tertiary/aromatic N) is 3. The van der Waals surface area contributed by atoms with Gasteiger partial charge in [-0.2, -0.15) is 0 Å². The molecule has 1 aliphatic rings. The number of piperidine rings is 1. The van der Waals surface area contributed by atoms with Crippen LogP contribution in [0, 0.1) is 12.8 Å². The topological polar surface area (TPSA) is 50.2 Å². The highest BCUT2D eigenvalue weighted by molar-refractivity contribution is 5.92. The minimum atomic E-state index is 0.0648. The van der Waals surface area contributed by atoms with Crippen molar-refractivity contribution in [2.75, 3.05) is 25.0 Å². The molecule has 1 aromatic heterocycles. The van der Waals surface area contributed by atoms with Gasteiger partial charge in [-0.3, -0.25) is 9.69 Å². The van der Waals surface area contributed by atoms with Gasteiger partial charge in [-0.1, -0.05) is 42.5 Å². The zero-order valence-electron chi connectivity index (χ0n) is 16.9. The number of aromatic nitrogens is 2. The van der Waals surface area contributed by atoms with Crippen molar-refractivity contribution < 1.29 is 4.79 Å². The number of hydrogen-bond donors (Lipinski definition) is 1. The highest BCUT2D eigenvalue weighted by Crippen LogP contribution is 2.23. The van der Waals surface area contributed by atoms with Crippen molar-refractivity contribution in [1.29, 1.82) is 0 Å². The Bertz CT molecular complexity index is 942. The van der Waals surface area contributed by atoms with Crippen LogP contribution in [0.5, 0.6) is 0 Å². The van der Waals surface area contributed by atoms with Crippen LogP contribution in [0.2, 0.25) is 0 Å². The Morgan fingerprint density at radius 2 is 1.90 bits per heavy atom. The highest BCUT2D eigenvalue weighted by Gasteiger charge is 2.22. The largest absolute Gasteiger partial charge is 0.331 e. The molecule has 0 radical (unpaired) electrons. The summed E-state index contributed by atoms with van der Waals surface area (Å²) in [5.41, 5.74) is 3.18. The molecule has 1 N–H and O–H groups in total.